The van der Waals surface area contributed by atoms with E-state index in [-0.39, 0.29) is 5.69 Å². The highest BCUT2D eigenvalue weighted by molar-refractivity contribution is 9.10. The number of rotatable bonds is 5. The highest BCUT2D eigenvalue weighted by Crippen LogP contribution is 2.28. The predicted molar refractivity (Wildman–Crippen MR) is 70.4 cm³/mol. The number of hydrogen-bond acceptors (Lipinski definition) is 6. The first-order chi connectivity index (χ1) is 9.08. The Hall–Kier alpha value is -1.80. The van der Waals surface area contributed by atoms with Crippen molar-refractivity contribution in [1.29, 1.82) is 0 Å². The summed E-state index contributed by atoms with van der Waals surface area (Å²) in [5.41, 5.74) is 0.851. The number of nitro groups is 1. The minimum absolute atomic E-state index is 0.0507. The molecule has 2 rings (SSSR count). The summed E-state index contributed by atoms with van der Waals surface area (Å²) in [5.74, 6) is 1.06. The molecule has 1 N–H and O–H groups in total. The monoisotopic (exact) mass is 326 g/mol. The van der Waals surface area contributed by atoms with Gasteiger partial charge in [-0.05, 0) is 21.5 Å². The van der Waals surface area contributed by atoms with Crippen LogP contribution in [0.2, 0.25) is 0 Å². The lowest BCUT2D eigenvalue weighted by Crippen LogP contribution is -2.14. The fourth-order valence-corrected chi connectivity index (χ4v) is 2.12. The van der Waals surface area contributed by atoms with E-state index >= 15 is 0 Å². The molecule has 0 spiro atoms. The van der Waals surface area contributed by atoms with E-state index in [0.717, 1.165) is 5.56 Å². The van der Waals surface area contributed by atoms with Crippen molar-refractivity contribution in [1.82, 2.24) is 15.5 Å². The van der Waals surface area contributed by atoms with Gasteiger partial charge in [0, 0.05) is 19.5 Å². The lowest BCUT2D eigenvalue weighted by molar-refractivity contribution is -0.385. The molecule has 0 aliphatic rings. The summed E-state index contributed by atoms with van der Waals surface area (Å²) in [6, 6.07) is 4.92. The minimum atomic E-state index is -0.421. The molecule has 0 aliphatic carbocycles. The molecule has 0 atom stereocenters. The molecule has 1 aromatic carbocycles. The van der Waals surface area contributed by atoms with Crippen LogP contribution in [-0.2, 0) is 13.1 Å². The average molecular weight is 327 g/mol. The maximum absolute atomic E-state index is 10.8. The van der Waals surface area contributed by atoms with Crippen LogP contribution in [0.3, 0.4) is 0 Å². The zero-order chi connectivity index (χ0) is 13.8. The number of hydrogen-bond donors (Lipinski definition) is 1. The van der Waals surface area contributed by atoms with E-state index in [1.54, 1.807) is 13.0 Å². The zero-order valence-electron chi connectivity index (χ0n) is 10.1. The van der Waals surface area contributed by atoms with Crippen LogP contribution in [0, 0.1) is 17.0 Å². The van der Waals surface area contributed by atoms with Crippen LogP contribution in [-0.4, -0.2) is 15.1 Å². The number of benzene rings is 1. The van der Waals surface area contributed by atoms with Crippen LogP contribution >= 0.6 is 15.9 Å². The third kappa shape index (κ3) is 3.36. The second kappa shape index (κ2) is 5.89. The van der Waals surface area contributed by atoms with E-state index < -0.39 is 4.92 Å². The molecule has 8 heteroatoms. The van der Waals surface area contributed by atoms with Crippen LogP contribution < -0.4 is 5.32 Å². The molecule has 1 heterocycles. The molecule has 0 unspecified atom stereocenters. The normalized spacial score (nSPS) is 10.6. The zero-order valence-corrected chi connectivity index (χ0v) is 11.7. The number of nitro benzene ring substituents is 1. The van der Waals surface area contributed by atoms with Crippen LogP contribution in [0.1, 0.15) is 17.3 Å². The fourth-order valence-electron chi connectivity index (χ4n) is 1.57. The van der Waals surface area contributed by atoms with Gasteiger partial charge in [0.05, 0.1) is 15.9 Å². The van der Waals surface area contributed by atoms with Gasteiger partial charge < -0.3 is 9.84 Å². The Labute approximate surface area is 117 Å². The fraction of sp³-hybridized carbons (Fsp3) is 0.273. The Morgan fingerprint density at radius 1 is 1.47 bits per heavy atom. The molecule has 7 nitrogen and oxygen atoms in total. The number of aryl methyl sites for hydroxylation is 1. The summed E-state index contributed by atoms with van der Waals surface area (Å²) in [5, 5.41) is 17.6. The molecular weight excluding hydrogens is 316 g/mol. The van der Waals surface area contributed by atoms with Gasteiger partial charge in [0.15, 0.2) is 5.82 Å². The largest absolute Gasteiger partial charge is 0.340 e. The smallest absolute Gasteiger partial charge is 0.283 e. The maximum Gasteiger partial charge on any atom is 0.283 e. The van der Waals surface area contributed by atoms with Gasteiger partial charge in [-0.3, -0.25) is 10.1 Å². The lowest BCUT2D eigenvalue weighted by atomic mass is 10.2. The third-order valence-electron chi connectivity index (χ3n) is 2.42. The average Bonchev–Trinajstić information content (AvgIpc) is 2.77. The van der Waals surface area contributed by atoms with Gasteiger partial charge in [0.2, 0.25) is 5.89 Å². The second-order valence-corrected chi connectivity index (χ2v) is 4.63. The first-order valence-electron chi connectivity index (χ1n) is 5.49. The molecule has 0 amide bonds. The van der Waals surface area contributed by atoms with E-state index in [1.165, 1.54) is 6.07 Å². The Bertz CT molecular complexity index is 599. The van der Waals surface area contributed by atoms with Gasteiger partial charge in [0.25, 0.3) is 5.69 Å². The van der Waals surface area contributed by atoms with E-state index in [9.17, 15) is 10.1 Å². The molecule has 1 aromatic heterocycles. The van der Waals surface area contributed by atoms with Gasteiger partial charge in [-0.25, -0.2) is 0 Å². The summed E-state index contributed by atoms with van der Waals surface area (Å²) < 4.78 is 5.33. The summed E-state index contributed by atoms with van der Waals surface area (Å²) >= 11 is 3.24. The van der Waals surface area contributed by atoms with E-state index in [0.29, 0.717) is 29.3 Å². The number of halogens is 1. The van der Waals surface area contributed by atoms with Gasteiger partial charge in [-0.2, -0.15) is 4.98 Å². The van der Waals surface area contributed by atoms with Crippen LogP contribution in [0.5, 0.6) is 0 Å². The van der Waals surface area contributed by atoms with E-state index in [2.05, 4.69) is 31.4 Å². The molecular formula is C11H11BrN4O3. The van der Waals surface area contributed by atoms with Crippen molar-refractivity contribution in [3.8, 4) is 0 Å². The molecule has 0 saturated heterocycles. The Kier molecular flexibility index (Phi) is 4.23. The van der Waals surface area contributed by atoms with Gasteiger partial charge in [0.1, 0.15) is 0 Å². The molecule has 0 saturated carbocycles. The van der Waals surface area contributed by atoms with Gasteiger partial charge >= 0.3 is 0 Å². The van der Waals surface area contributed by atoms with Gasteiger partial charge in [-0.15, -0.1) is 0 Å². The molecule has 0 radical (unpaired) electrons. The van der Waals surface area contributed by atoms with Crippen molar-refractivity contribution in [2.75, 3.05) is 0 Å². The van der Waals surface area contributed by atoms with Crippen molar-refractivity contribution < 1.29 is 9.45 Å². The molecule has 0 bridgehead atoms. The maximum atomic E-state index is 10.8. The summed E-state index contributed by atoms with van der Waals surface area (Å²) in [6.45, 7) is 2.62. The highest BCUT2D eigenvalue weighted by atomic mass is 79.9. The van der Waals surface area contributed by atoms with Crippen molar-refractivity contribution in [2.24, 2.45) is 0 Å². The quantitative estimate of drug-likeness (QED) is 0.669. The van der Waals surface area contributed by atoms with Crippen molar-refractivity contribution >= 4 is 21.6 Å². The van der Waals surface area contributed by atoms with Crippen molar-refractivity contribution in [3.05, 3.63) is 50.1 Å². The first kappa shape index (κ1) is 13.6. The Morgan fingerprint density at radius 3 is 2.89 bits per heavy atom. The molecule has 2 aromatic rings. The number of aromatic nitrogens is 2. The molecule has 100 valence electrons. The number of nitrogens with one attached hydrogen (secondary N) is 1. The van der Waals surface area contributed by atoms with E-state index in [4.69, 9.17) is 4.52 Å². The predicted octanol–water partition coefficient (Wildman–Crippen LogP) is 2.34. The second-order valence-electron chi connectivity index (χ2n) is 3.84. The highest BCUT2D eigenvalue weighted by Gasteiger charge is 2.14. The standard InChI is InChI=1S/C11H11BrN4O3/c1-7-14-10(15-19-7)6-13-5-8-3-2-4-9(11(8)12)16(17)18/h2-4,13H,5-6H2,1H3. The summed E-state index contributed by atoms with van der Waals surface area (Å²) in [6.07, 6.45) is 0. The summed E-state index contributed by atoms with van der Waals surface area (Å²) in [4.78, 5) is 14.4. The lowest BCUT2D eigenvalue weighted by Gasteiger charge is -2.05. The van der Waals surface area contributed by atoms with Crippen LogP contribution in [0.25, 0.3) is 0 Å². The minimum Gasteiger partial charge on any atom is -0.340 e. The number of nitrogens with zero attached hydrogens (tertiary/aromatic N) is 3. The first-order valence-corrected chi connectivity index (χ1v) is 6.29. The van der Waals surface area contributed by atoms with Gasteiger partial charge in [-0.1, -0.05) is 17.3 Å². The Morgan fingerprint density at radius 2 is 2.26 bits per heavy atom. The SMILES string of the molecule is Cc1nc(CNCc2cccc([N+](=O)[O-])c2Br)no1. The molecule has 0 fully saturated rings. The molecule has 19 heavy (non-hydrogen) atoms. The third-order valence-corrected chi connectivity index (χ3v) is 3.34. The summed E-state index contributed by atoms with van der Waals surface area (Å²) in [7, 11) is 0. The van der Waals surface area contributed by atoms with E-state index in [1.807, 2.05) is 6.07 Å². The van der Waals surface area contributed by atoms with Crippen molar-refractivity contribution in [2.45, 2.75) is 20.0 Å². The van der Waals surface area contributed by atoms with Crippen LogP contribution in [0.4, 0.5) is 5.69 Å². The van der Waals surface area contributed by atoms with Crippen molar-refractivity contribution in [3.63, 3.8) is 0 Å². The molecule has 0 aliphatic heterocycles. The Balaban J connectivity index is 2.00. The van der Waals surface area contributed by atoms with Crippen LogP contribution in [0.15, 0.2) is 27.2 Å². The topological polar surface area (TPSA) is 94.1 Å².